The molecule has 3 rings (SSSR count). The van der Waals surface area contributed by atoms with Gasteiger partial charge in [0.05, 0.1) is 17.9 Å². The summed E-state index contributed by atoms with van der Waals surface area (Å²) in [5.41, 5.74) is 2.93. The Morgan fingerprint density at radius 1 is 0.846 bits per heavy atom. The van der Waals surface area contributed by atoms with Crippen LogP contribution in [-0.4, -0.2) is 35.9 Å². The highest BCUT2D eigenvalue weighted by Gasteiger charge is 2.59. The van der Waals surface area contributed by atoms with Crippen LogP contribution >= 0.6 is 0 Å². The maximum Gasteiger partial charge on any atom is 0.392 e. The van der Waals surface area contributed by atoms with E-state index in [1.165, 1.54) is 12.5 Å². The molecule has 1 fully saturated rings. The Labute approximate surface area is 229 Å². The van der Waals surface area contributed by atoms with Crippen LogP contribution in [0.4, 0.5) is 26.3 Å². The molecule has 2 aromatic carbocycles. The Hall–Kier alpha value is -2.53. The Morgan fingerprint density at radius 3 is 1.77 bits per heavy atom. The lowest BCUT2D eigenvalue weighted by Crippen LogP contribution is -2.41. The molecule has 0 amide bonds. The van der Waals surface area contributed by atoms with Crippen molar-refractivity contribution in [2.75, 3.05) is 6.54 Å². The fraction of sp³-hybridized carbons (Fsp3) is 0.581. The van der Waals surface area contributed by atoms with Gasteiger partial charge >= 0.3 is 12.4 Å². The van der Waals surface area contributed by atoms with Gasteiger partial charge < -0.3 is 0 Å². The van der Waals surface area contributed by atoms with Crippen LogP contribution in [0.1, 0.15) is 76.0 Å². The van der Waals surface area contributed by atoms with Crippen LogP contribution in [-0.2, 0) is 12.8 Å². The minimum Gasteiger partial charge on any atom is -0.298 e. The zero-order chi connectivity index (χ0) is 29.2. The Bertz CT molecular complexity index is 987. The van der Waals surface area contributed by atoms with Crippen LogP contribution in [0.25, 0.3) is 0 Å². The van der Waals surface area contributed by atoms with E-state index in [4.69, 9.17) is 5.26 Å². The molecule has 2 aromatic rings. The monoisotopic (exact) mass is 554 g/mol. The highest BCUT2D eigenvalue weighted by molar-refractivity contribution is 5.27. The second-order valence-electron chi connectivity index (χ2n) is 10.6. The summed E-state index contributed by atoms with van der Waals surface area (Å²) in [6.07, 6.45) is -6.95. The van der Waals surface area contributed by atoms with Gasteiger partial charge in [0.25, 0.3) is 0 Å². The van der Waals surface area contributed by atoms with E-state index < -0.39 is 42.9 Å². The van der Waals surface area contributed by atoms with Gasteiger partial charge in [0.1, 0.15) is 0 Å². The van der Waals surface area contributed by atoms with Crippen molar-refractivity contribution in [2.45, 2.75) is 96.6 Å². The maximum absolute atomic E-state index is 13.3. The number of nitriles is 1. The van der Waals surface area contributed by atoms with Crippen molar-refractivity contribution in [3.63, 3.8) is 0 Å². The molecule has 0 saturated heterocycles. The lowest BCUT2D eigenvalue weighted by atomic mass is 9.93. The number of benzene rings is 2. The van der Waals surface area contributed by atoms with E-state index in [0.717, 1.165) is 37.8 Å². The average Bonchev–Trinajstić information content (AvgIpc) is 3.34. The van der Waals surface area contributed by atoms with E-state index in [1.54, 1.807) is 18.2 Å². The quantitative estimate of drug-likeness (QED) is 0.274. The van der Waals surface area contributed by atoms with Gasteiger partial charge in [-0.15, -0.1) is 0 Å². The number of hydrogen-bond acceptors (Lipinski definition) is 2. The smallest absolute Gasteiger partial charge is 0.298 e. The van der Waals surface area contributed by atoms with Crippen LogP contribution < -0.4 is 0 Å². The van der Waals surface area contributed by atoms with Crippen molar-refractivity contribution in [1.82, 2.24) is 4.90 Å². The third-order valence-corrected chi connectivity index (χ3v) is 7.73. The SMILES string of the molecule is CC#N.CCC(CCc1ccc(C2CC(C(F)(F)F)C(C(F)(F)F)C2)cc1)N(CCc1ccccc1)C(C)C. The van der Waals surface area contributed by atoms with Crippen molar-refractivity contribution in [1.29, 1.82) is 5.26 Å². The van der Waals surface area contributed by atoms with Crippen LogP contribution in [0.5, 0.6) is 0 Å². The van der Waals surface area contributed by atoms with Gasteiger partial charge in [-0.3, -0.25) is 4.90 Å². The normalized spacial score (nSPS) is 20.4. The summed E-state index contributed by atoms with van der Waals surface area (Å²) < 4.78 is 79.6. The molecule has 0 radical (unpaired) electrons. The second kappa shape index (κ2) is 14.7. The van der Waals surface area contributed by atoms with Crippen molar-refractivity contribution in [3.8, 4) is 6.07 Å². The van der Waals surface area contributed by atoms with Gasteiger partial charge in [0.15, 0.2) is 0 Å². The van der Waals surface area contributed by atoms with Crippen molar-refractivity contribution < 1.29 is 26.3 Å². The first-order valence-electron chi connectivity index (χ1n) is 13.6. The molecule has 0 heterocycles. The molecule has 1 aliphatic rings. The summed E-state index contributed by atoms with van der Waals surface area (Å²) in [6, 6.07) is 20.1. The summed E-state index contributed by atoms with van der Waals surface area (Å²) in [7, 11) is 0. The third kappa shape index (κ3) is 9.86. The van der Waals surface area contributed by atoms with Gasteiger partial charge in [0, 0.05) is 25.6 Å². The van der Waals surface area contributed by atoms with Crippen molar-refractivity contribution in [2.24, 2.45) is 11.8 Å². The Morgan fingerprint density at radius 2 is 1.33 bits per heavy atom. The minimum absolute atomic E-state index is 0.392. The fourth-order valence-electron chi connectivity index (χ4n) is 5.69. The molecule has 3 unspecified atom stereocenters. The van der Waals surface area contributed by atoms with E-state index in [2.05, 4.69) is 37.8 Å². The summed E-state index contributed by atoms with van der Waals surface area (Å²) in [5, 5.41) is 7.32. The van der Waals surface area contributed by atoms with Crippen LogP contribution in [0, 0.1) is 23.2 Å². The van der Waals surface area contributed by atoms with E-state index in [1.807, 2.05) is 30.3 Å². The molecule has 0 spiro atoms. The standard InChI is InChI=1S/C29H37F6N.C2H3N/c1-4-25(36(20(2)3)17-16-21-8-6-5-7-9-21)15-12-22-10-13-23(14-11-22)24-18-26(28(30,31)32)27(19-24)29(33,34)35;1-2-3/h5-11,13-14,20,24-27H,4,12,15-19H2,1-3H3;1H3. The first kappa shape index (κ1) is 32.7. The molecular formula is C31H40F6N2. The van der Waals surface area contributed by atoms with Gasteiger partial charge in [-0.2, -0.15) is 31.6 Å². The molecule has 8 heteroatoms. The molecular weight excluding hydrogens is 514 g/mol. The molecule has 0 bridgehead atoms. The molecule has 216 valence electrons. The topological polar surface area (TPSA) is 27.0 Å². The number of rotatable bonds is 10. The predicted molar refractivity (Wildman–Crippen MR) is 143 cm³/mol. The molecule has 0 aliphatic heterocycles. The highest BCUT2D eigenvalue weighted by Crippen LogP contribution is 2.54. The van der Waals surface area contributed by atoms with Gasteiger partial charge in [0.2, 0.25) is 0 Å². The van der Waals surface area contributed by atoms with Gasteiger partial charge in [-0.25, -0.2) is 0 Å². The molecule has 1 saturated carbocycles. The number of halogens is 6. The van der Waals surface area contributed by atoms with E-state index in [0.29, 0.717) is 17.6 Å². The molecule has 3 atom stereocenters. The van der Waals surface area contributed by atoms with E-state index in [9.17, 15) is 26.3 Å². The lowest BCUT2D eigenvalue weighted by molar-refractivity contribution is -0.245. The van der Waals surface area contributed by atoms with Crippen LogP contribution in [0.3, 0.4) is 0 Å². The maximum atomic E-state index is 13.3. The predicted octanol–water partition coefficient (Wildman–Crippen LogP) is 9.12. The van der Waals surface area contributed by atoms with Crippen LogP contribution in [0.2, 0.25) is 0 Å². The summed E-state index contributed by atoms with van der Waals surface area (Å²) in [6.45, 7) is 8.97. The molecule has 39 heavy (non-hydrogen) atoms. The Balaban J connectivity index is 0.00000170. The van der Waals surface area contributed by atoms with E-state index in [-0.39, 0.29) is 0 Å². The zero-order valence-corrected chi connectivity index (χ0v) is 23.2. The summed E-state index contributed by atoms with van der Waals surface area (Å²) in [5.74, 6) is -5.38. The van der Waals surface area contributed by atoms with Crippen molar-refractivity contribution in [3.05, 3.63) is 71.3 Å². The fourth-order valence-corrected chi connectivity index (χ4v) is 5.69. The zero-order valence-electron chi connectivity index (χ0n) is 23.2. The number of hydrogen-bond donors (Lipinski definition) is 0. The third-order valence-electron chi connectivity index (χ3n) is 7.73. The molecule has 0 aromatic heterocycles. The first-order chi connectivity index (χ1) is 18.3. The first-order valence-corrected chi connectivity index (χ1v) is 13.6. The van der Waals surface area contributed by atoms with Crippen LogP contribution in [0.15, 0.2) is 54.6 Å². The number of alkyl halides is 6. The summed E-state index contributed by atoms with van der Waals surface area (Å²) in [4.78, 5) is 2.52. The minimum atomic E-state index is -4.84. The number of aryl methyl sites for hydroxylation is 1. The van der Waals surface area contributed by atoms with Gasteiger partial charge in [-0.05, 0) is 75.0 Å². The molecule has 2 nitrogen and oxygen atoms in total. The van der Waals surface area contributed by atoms with E-state index >= 15 is 0 Å². The average molecular weight is 555 g/mol. The highest BCUT2D eigenvalue weighted by atomic mass is 19.4. The summed E-state index contributed by atoms with van der Waals surface area (Å²) >= 11 is 0. The molecule has 0 N–H and O–H groups in total. The molecule has 1 aliphatic carbocycles. The van der Waals surface area contributed by atoms with Crippen molar-refractivity contribution >= 4 is 0 Å². The largest absolute Gasteiger partial charge is 0.392 e. The number of nitrogens with zero attached hydrogens (tertiary/aromatic N) is 2. The lowest BCUT2D eigenvalue weighted by Gasteiger charge is -2.35. The Kier molecular flexibility index (Phi) is 12.4. The van der Waals surface area contributed by atoms with Gasteiger partial charge in [-0.1, -0.05) is 61.5 Å². The second-order valence-corrected chi connectivity index (χ2v) is 10.6.